The number of nitrogens with two attached hydrogens (primary N) is 1. The summed E-state index contributed by atoms with van der Waals surface area (Å²) in [5, 5.41) is 2.97. The van der Waals surface area contributed by atoms with Gasteiger partial charge in [0.2, 0.25) is 0 Å². The molecule has 1 radical (unpaired) electrons. The van der Waals surface area contributed by atoms with Crippen molar-refractivity contribution >= 4 is 11.8 Å². The topological polar surface area (TPSA) is 47.3 Å². The van der Waals surface area contributed by atoms with Crippen molar-refractivity contribution in [2.75, 3.05) is 31.8 Å². The molecule has 0 saturated carbocycles. The lowest BCUT2D eigenvalue weighted by molar-refractivity contribution is 0.164. The van der Waals surface area contributed by atoms with E-state index in [4.69, 9.17) is 10.5 Å². The molecule has 0 spiro atoms. The van der Waals surface area contributed by atoms with Crippen LogP contribution in [-0.4, -0.2) is 37.8 Å². The third-order valence-corrected chi connectivity index (χ3v) is 2.65. The summed E-state index contributed by atoms with van der Waals surface area (Å²) < 4.78 is 5.21. The zero-order chi connectivity index (χ0) is 9.94. The van der Waals surface area contributed by atoms with Gasteiger partial charge in [-0.1, -0.05) is 0 Å². The van der Waals surface area contributed by atoms with Crippen LogP contribution in [0.4, 0.5) is 0 Å². The summed E-state index contributed by atoms with van der Waals surface area (Å²) >= 11 is 1.85. The van der Waals surface area contributed by atoms with E-state index in [0.29, 0.717) is 0 Å². The molecule has 3 N–H and O–H groups in total. The van der Waals surface area contributed by atoms with E-state index in [-0.39, 0.29) is 6.04 Å². The molecule has 79 valence electrons. The van der Waals surface area contributed by atoms with Gasteiger partial charge < -0.3 is 15.8 Å². The van der Waals surface area contributed by atoms with E-state index >= 15 is 0 Å². The molecule has 0 aromatic heterocycles. The molecule has 0 aromatic carbocycles. The zero-order valence-electron chi connectivity index (χ0n) is 8.58. The van der Waals surface area contributed by atoms with Gasteiger partial charge in [0.1, 0.15) is 0 Å². The van der Waals surface area contributed by atoms with Crippen LogP contribution >= 0.6 is 11.8 Å². The number of ether oxygens (including phenoxy) is 1. The fraction of sp³-hybridized carbons (Fsp3) is 0.889. The van der Waals surface area contributed by atoms with Gasteiger partial charge in [0.05, 0.1) is 6.61 Å². The van der Waals surface area contributed by atoms with Crippen LogP contribution in [0.5, 0.6) is 0 Å². The van der Waals surface area contributed by atoms with Gasteiger partial charge in [0.15, 0.2) is 0 Å². The van der Waals surface area contributed by atoms with Gasteiger partial charge in [-0.15, -0.1) is 0 Å². The monoisotopic (exact) mass is 205 g/mol. The lowest BCUT2D eigenvalue weighted by Crippen LogP contribution is -2.25. The van der Waals surface area contributed by atoms with E-state index in [1.54, 1.807) is 0 Å². The van der Waals surface area contributed by atoms with Crippen molar-refractivity contribution in [2.45, 2.75) is 19.4 Å². The Labute approximate surface area is 85.8 Å². The van der Waals surface area contributed by atoms with Gasteiger partial charge in [-0.2, -0.15) is 11.8 Å². The second kappa shape index (κ2) is 10.3. The molecule has 0 aliphatic rings. The molecule has 0 saturated heterocycles. The molecule has 0 fully saturated rings. The van der Waals surface area contributed by atoms with Crippen molar-refractivity contribution in [3.05, 3.63) is 6.54 Å². The lowest BCUT2D eigenvalue weighted by atomic mass is 10.2. The van der Waals surface area contributed by atoms with Gasteiger partial charge in [-0.3, -0.25) is 0 Å². The lowest BCUT2D eigenvalue weighted by Gasteiger charge is -2.10. The Morgan fingerprint density at radius 1 is 1.62 bits per heavy atom. The van der Waals surface area contributed by atoms with Crippen LogP contribution in [0, 0.1) is 6.54 Å². The highest BCUT2D eigenvalue weighted by Crippen LogP contribution is 2.04. The molecule has 1 unspecified atom stereocenters. The summed E-state index contributed by atoms with van der Waals surface area (Å²) in [6, 6.07) is 0.263. The van der Waals surface area contributed by atoms with E-state index in [0.717, 1.165) is 31.1 Å². The Morgan fingerprint density at radius 3 is 3.00 bits per heavy atom. The van der Waals surface area contributed by atoms with Crippen molar-refractivity contribution < 1.29 is 4.74 Å². The Kier molecular flexibility index (Phi) is 10.5. The van der Waals surface area contributed by atoms with Gasteiger partial charge in [-0.25, -0.2) is 0 Å². The van der Waals surface area contributed by atoms with Crippen LogP contribution in [0.2, 0.25) is 0 Å². The van der Waals surface area contributed by atoms with Crippen LogP contribution in [0.15, 0.2) is 0 Å². The van der Waals surface area contributed by atoms with Crippen LogP contribution in [0.3, 0.4) is 0 Å². The van der Waals surface area contributed by atoms with Gasteiger partial charge in [-0.05, 0) is 20.4 Å². The van der Waals surface area contributed by atoms with Gasteiger partial charge >= 0.3 is 0 Å². The molecule has 0 amide bonds. The Hall–Kier alpha value is 0.230. The second-order valence-electron chi connectivity index (χ2n) is 2.76. The van der Waals surface area contributed by atoms with E-state index in [1.807, 2.05) is 32.3 Å². The van der Waals surface area contributed by atoms with E-state index in [9.17, 15) is 0 Å². The average Bonchev–Trinajstić information content (AvgIpc) is 2.14. The summed E-state index contributed by atoms with van der Waals surface area (Å²) in [6.45, 7) is 5.65. The van der Waals surface area contributed by atoms with Crippen LogP contribution in [0.1, 0.15) is 13.3 Å². The SMILES string of the molecule is CCOCCSCC(N)C[CH]NC. The molecule has 0 aromatic rings. The maximum atomic E-state index is 5.84. The van der Waals surface area contributed by atoms with Crippen LogP contribution in [0.25, 0.3) is 0 Å². The molecule has 13 heavy (non-hydrogen) atoms. The number of nitrogens with one attached hydrogen (secondary N) is 1. The van der Waals surface area contributed by atoms with Crippen molar-refractivity contribution in [1.82, 2.24) is 5.32 Å². The average molecular weight is 205 g/mol. The van der Waals surface area contributed by atoms with E-state index in [1.165, 1.54) is 0 Å². The standard InChI is InChI=1S/C9H21N2OS/c1-3-12-6-7-13-8-9(10)4-5-11-2/h5,9,11H,3-4,6-8,10H2,1-2H3. The third-order valence-electron chi connectivity index (χ3n) is 1.53. The number of hydrogen-bond acceptors (Lipinski definition) is 4. The number of thioether (sulfide) groups is 1. The smallest absolute Gasteiger partial charge is 0.0556 e. The minimum atomic E-state index is 0.263. The molecule has 0 aliphatic carbocycles. The molecule has 3 nitrogen and oxygen atoms in total. The highest BCUT2D eigenvalue weighted by molar-refractivity contribution is 7.99. The zero-order valence-corrected chi connectivity index (χ0v) is 9.40. The van der Waals surface area contributed by atoms with E-state index in [2.05, 4.69) is 5.32 Å². The summed E-state index contributed by atoms with van der Waals surface area (Å²) in [4.78, 5) is 0. The first-order chi connectivity index (χ1) is 6.31. The molecular weight excluding hydrogens is 184 g/mol. The van der Waals surface area contributed by atoms with Crippen molar-refractivity contribution in [2.24, 2.45) is 5.73 Å². The maximum Gasteiger partial charge on any atom is 0.0556 e. The quantitative estimate of drug-likeness (QED) is 0.548. The fourth-order valence-electron chi connectivity index (χ4n) is 0.834. The van der Waals surface area contributed by atoms with Crippen molar-refractivity contribution in [1.29, 1.82) is 0 Å². The Balaban J connectivity index is 3.03. The van der Waals surface area contributed by atoms with Crippen LogP contribution in [-0.2, 0) is 4.74 Å². The molecule has 0 bridgehead atoms. The highest BCUT2D eigenvalue weighted by atomic mass is 32.2. The minimum Gasteiger partial charge on any atom is -0.381 e. The fourth-order valence-corrected chi connectivity index (χ4v) is 1.68. The highest BCUT2D eigenvalue weighted by Gasteiger charge is 2.01. The first kappa shape index (κ1) is 13.2. The van der Waals surface area contributed by atoms with Crippen molar-refractivity contribution in [3.8, 4) is 0 Å². The van der Waals surface area contributed by atoms with Gasteiger partial charge in [0.25, 0.3) is 0 Å². The largest absolute Gasteiger partial charge is 0.381 e. The Morgan fingerprint density at radius 2 is 2.38 bits per heavy atom. The normalized spacial score (nSPS) is 13.2. The van der Waals surface area contributed by atoms with Gasteiger partial charge in [0, 0.05) is 30.7 Å². The first-order valence-corrected chi connectivity index (χ1v) is 5.86. The second-order valence-corrected chi connectivity index (χ2v) is 3.91. The van der Waals surface area contributed by atoms with Crippen molar-refractivity contribution in [3.63, 3.8) is 0 Å². The first-order valence-electron chi connectivity index (χ1n) is 4.71. The predicted molar refractivity (Wildman–Crippen MR) is 59.8 cm³/mol. The molecule has 4 heteroatoms. The van der Waals surface area contributed by atoms with Crippen LogP contribution < -0.4 is 11.1 Å². The summed E-state index contributed by atoms with van der Waals surface area (Å²) in [5.74, 6) is 2.05. The summed E-state index contributed by atoms with van der Waals surface area (Å²) in [7, 11) is 1.90. The molecular formula is C9H21N2OS. The molecule has 0 aliphatic heterocycles. The third kappa shape index (κ3) is 10.1. The van der Waals surface area contributed by atoms with E-state index < -0.39 is 0 Å². The molecule has 0 rings (SSSR count). The minimum absolute atomic E-state index is 0.263. The predicted octanol–water partition coefficient (Wildman–Crippen LogP) is 0.855. The summed E-state index contributed by atoms with van der Waals surface area (Å²) in [6.07, 6.45) is 0.929. The Bertz CT molecular complexity index is 104. The molecule has 0 heterocycles. The number of hydrogen-bond donors (Lipinski definition) is 2. The number of rotatable bonds is 9. The summed E-state index contributed by atoms with van der Waals surface area (Å²) in [5.41, 5.74) is 5.84. The maximum absolute atomic E-state index is 5.84. The molecule has 1 atom stereocenters.